The van der Waals surface area contributed by atoms with Gasteiger partial charge in [0.2, 0.25) is 0 Å². The maximum Gasteiger partial charge on any atom is 0.127 e. The molecular weight excluding hydrogens is 280 g/mol. The lowest BCUT2D eigenvalue weighted by Gasteiger charge is -2.19. The summed E-state index contributed by atoms with van der Waals surface area (Å²) in [5, 5.41) is 0. The van der Waals surface area contributed by atoms with Crippen molar-refractivity contribution in [1.82, 2.24) is 0 Å². The van der Waals surface area contributed by atoms with Gasteiger partial charge in [-0.25, -0.2) is 0 Å². The Balaban J connectivity index is 1.45. The lowest BCUT2D eigenvalue weighted by Crippen LogP contribution is -2.11. The Labute approximate surface area is 139 Å². The van der Waals surface area contributed by atoms with Gasteiger partial charge in [-0.15, -0.1) is 0 Å². The second-order valence-electron chi connectivity index (χ2n) is 7.04. The van der Waals surface area contributed by atoms with E-state index in [0.717, 1.165) is 30.1 Å². The average Bonchev–Trinajstić information content (AvgIpc) is 3.20. The van der Waals surface area contributed by atoms with E-state index in [2.05, 4.69) is 67.6 Å². The van der Waals surface area contributed by atoms with E-state index in [4.69, 9.17) is 4.74 Å². The van der Waals surface area contributed by atoms with E-state index in [0.29, 0.717) is 0 Å². The van der Waals surface area contributed by atoms with Crippen molar-refractivity contribution in [1.29, 1.82) is 0 Å². The molecule has 2 aromatic carbocycles. The zero-order chi connectivity index (χ0) is 15.6. The predicted molar refractivity (Wildman–Crippen MR) is 95.6 cm³/mol. The highest BCUT2D eigenvalue weighted by molar-refractivity contribution is 5.71. The smallest absolute Gasteiger partial charge is 0.127 e. The first-order chi connectivity index (χ1) is 11.3. The Morgan fingerprint density at radius 1 is 1.00 bits per heavy atom. The Bertz CT molecular complexity index is 701. The molecule has 3 atom stereocenters. The Morgan fingerprint density at radius 3 is 2.61 bits per heavy atom. The number of fused-ring (bicyclic) bond motifs is 2. The van der Waals surface area contributed by atoms with E-state index >= 15 is 0 Å². The molecule has 2 aliphatic carbocycles. The summed E-state index contributed by atoms with van der Waals surface area (Å²) < 4.78 is 6.19. The largest absolute Gasteiger partial charge is 0.493 e. The van der Waals surface area contributed by atoms with Crippen LogP contribution in [0.2, 0.25) is 0 Å². The van der Waals surface area contributed by atoms with Crippen molar-refractivity contribution in [2.24, 2.45) is 17.8 Å². The summed E-state index contributed by atoms with van der Waals surface area (Å²) in [4.78, 5) is 0. The number of allylic oxidation sites excluding steroid dienone is 2. The number of hydrogen-bond donors (Lipinski definition) is 0. The maximum atomic E-state index is 6.19. The van der Waals surface area contributed by atoms with E-state index in [9.17, 15) is 0 Å². The first-order valence-electron chi connectivity index (χ1n) is 8.77. The minimum Gasteiger partial charge on any atom is -0.493 e. The normalized spacial score (nSPS) is 25.0. The SMILES string of the molecule is Cc1ccc(OCCC2CC3C=CC2C3)c(-c2ccccc2)c1. The molecule has 0 saturated heterocycles. The number of benzene rings is 2. The van der Waals surface area contributed by atoms with Crippen LogP contribution < -0.4 is 4.74 Å². The van der Waals surface area contributed by atoms with Crippen LogP contribution in [-0.4, -0.2) is 6.61 Å². The molecule has 0 aromatic heterocycles. The molecule has 23 heavy (non-hydrogen) atoms. The summed E-state index contributed by atoms with van der Waals surface area (Å²) in [7, 11) is 0. The molecule has 0 aliphatic heterocycles. The van der Waals surface area contributed by atoms with Crippen molar-refractivity contribution in [2.45, 2.75) is 26.2 Å². The van der Waals surface area contributed by atoms with Gasteiger partial charge in [-0.3, -0.25) is 0 Å². The molecule has 1 heteroatoms. The van der Waals surface area contributed by atoms with Crippen LogP contribution in [0, 0.1) is 24.7 Å². The lowest BCUT2D eigenvalue weighted by molar-refractivity contribution is 0.264. The lowest BCUT2D eigenvalue weighted by atomic mass is 9.91. The molecule has 0 N–H and O–H groups in total. The van der Waals surface area contributed by atoms with Crippen molar-refractivity contribution in [2.75, 3.05) is 6.61 Å². The molecule has 0 heterocycles. The molecule has 118 valence electrons. The third kappa shape index (κ3) is 3.06. The summed E-state index contributed by atoms with van der Waals surface area (Å²) in [5.41, 5.74) is 3.71. The van der Waals surface area contributed by atoms with E-state index in [1.54, 1.807) is 0 Å². The second-order valence-corrected chi connectivity index (χ2v) is 7.04. The minimum absolute atomic E-state index is 0.815. The topological polar surface area (TPSA) is 9.23 Å². The van der Waals surface area contributed by atoms with Crippen LogP contribution in [0.5, 0.6) is 5.75 Å². The van der Waals surface area contributed by atoms with Crippen LogP contribution in [0.25, 0.3) is 11.1 Å². The fourth-order valence-corrected chi connectivity index (χ4v) is 4.16. The van der Waals surface area contributed by atoms with Crippen LogP contribution in [-0.2, 0) is 0 Å². The first kappa shape index (κ1) is 14.6. The van der Waals surface area contributed by atoms with Gasteiger partial charge in [0.1, 0.15) is 5.75 Å². The number of ether oxygens (including phenoxy) is 1. The molecule has 1 fully saturated rings. The van der Waals surface area contributed by atoms with Gasteiger partial charge in [0.25, 0.3) is 0 Å². The highest BCUT2D eigenvalue weighted by Gasteiger charge is 2.35. The number of aryl methyl sites for hydroxylation is 1. The van der Waals surface area contributed by atoms with Crippen molar-refractivity contribution in [3.63, 3.8) is 0 Å². The van der Waals surface area contributed by atoms with Crippen LogP contribution in [0.3, 0.4) is 0 Å². The maximum absolute atomic E-state index is 6.19. The third-order valence-corrected chi connectivity index (χ3v) is 5.38. The zero-order valence-corrected chi connectivity index (χ0v) is 13.7. The summed E-state index contributed by atoms with van der Waals surface area (Å²) in [6.45, 7) is 2.96. The molecule has 1 saturated carbocycles. The van der Waals surface area contributed by atoms with E-state index in [1.807, 2.05) is 0 Å². The molecule has 2 aliphatic rings. The fourth-order valence-electron chi connectivity index (χ4n) is 4.16. The summed E-state index contributed by atoms with van der Waals surface area (Å²) in [5.74, 6) is 3.51. The molecule has 0 radical (unpaired) electrons. The third-order valence-electron chi connectivity index (χ3n) is 5.38. The number of rotatable bonds is 5. The Morgan fingerprint density at radius 2 is 1.87 bits per heavy atom. The highest BCUT2D eigenvalue weighted by Crippen LogP contribution is 2.45. The summed E-state index contributed by atoms with van der Waals surface area (Å²) >= 11 is 0. The van der Waals surface area contributed by atoms with Gasteiger partial charge >= 0.3 is 0 Å². The number of hydrogen-bond acceptors (Lipinski definition) is 1. The average molecular weight is 304 g/mol. The molecule has 1 nitrogen and oxygen atoms in total. The second kappa shape index (κ2) is 6.23. The summed E-state index contributed by atoms with van der Waals surface area (Å²) in [6.07, 6.45) is 8.76. The van der Waals surface area contributed by atoms with E-state index in [-0.39, 0.29) is 0 Å². The fraction of sp³-hybridized carbons (Fsp3) is 0.364. The molecule has 4 rings (SSSR count). The van der Waals surface area contributed by atoms with Crippen LogP contribution >= 0.6 is 0 Å². The van der Waals surface area contributed by atoms with E-state index < -0.39 is 0 Å². The molecular formula is C22H24O. The van der Waals surface area contributed by atoms with Gasteiger partial charge in [-0.2, -0.15) is 0 Å². The van der Waals surface area contributed by atoms with Gasteiger partial charge in [0, 0.05) is 5.56 Å². The Kier molecular flexibility index (Phi) is 3.95. The van der Waals surface area contributed by atoms with Gasteiger partial charge in [-0.05, 0) is 61.6 Å². The van der Waals surface area contributed by atoms with Crippen molar-refractivity contribution in [3.05, 3.63) is 66.2 Å². The first-order valence-corrected chi connectivity index (χ1v) is 8.77. The zero-order valence-electron chi connectivity index (χ0n) is 13.7. The molecule has 3 unspecified atom stereocenters. The van der Waals surface area contributed by atoms with E-state index in [1.165, 1.54) is 36.0 Å². The van der Waals surface area contributed by atoms with Crippen LogP contribution in [0.1, 0.15) is 24.8 Å². The van der Waals surface area contributed by atoms with Gasteiger partial charge < -0.3 is 4.74 Å². The predicted octanol–water partition coefficient (Wildman–Crippen LogP) is 5.64. The molecule has 2 aromatic rings. The van der Waals surface area contributed by atoms with Crippen LogP contribution in [0.4, 0.5) is 0 Å². The van der Waals surface area contributed by atoms with Crippen LogP contribution in [0.15, 0.2) is 60.7 Å². The van der Waals surface area contributed by atoms with Gasteiger partial charge in [-0.1, -0.05) is 54.1 Å². The van der Waals surface area contributed by atoms with Crippen molar-refractivity contribution >= 4 is 0 Å². The molecule has 0 amide bonds. The highest BCUT2D eigenvalue weighted by atomic mass is 16.5. The molecule has 2 bridgehead atoms. The monoisotopic (exact) mass is 304 g/mol. The summed E-state index contributed by atoms with van der Waals surface area (Å²) in [6, 6.07) is 17.0. The van der Waals surface area contributed by atoms with Crippen molar-refractivity contribution in [3.8, 4) is 16.9 Å². The minimum atomic E-state index is 0.815. The quantitative estimate of drug-likeness (QED) is 0.649. The van der Waals surface area contributed by atoms with Crippen molar-refractivity contribution < 1.29 is 4.74 Å². The van der Waals surface area contributed by atoms with Gasteiger partial charge in [0.15, 0.2) is 0 Å². The standard InChI is InChI=1S/C22H24O/c1-16-7-10-22(21(13-16)18-5-3-2-4-6-18)23-12-11-20-15-17-8-9-19(20)14-17/h2-10,13,17,19-20H,11-12,14-15H2,1H3. The Hall–Kier alpha value is -2.02. The molecule has 0 spiro atoms. The van der Waals surface area contributed by atoms with Gasteiger partial charge in [0.05, 0.1) is 6.61 Å².